The van der Waals surface area contributed by atoms with Crippen LogP contribution in [-0.4, -0.2) is 73.5 Å². The highest BCUT2D eigenvalue weighted by Gasteiger charge is 2.48. The second-order valence-electron chi connectivity index (χ2n) is 4.48. The second-order valence-corrected chi connectivity index (χ2v) is 4.48. The molecule has 4 atom stereocenters. The summed E-state index contributed by atoms with van der Waals surface area (Å²) in [6.45, 7) is 0. The Labute approximate surface area is 128 Å². The SMILES string of the molecule is O=C(O)C1NC(C(=O)O)C(C(=O)O)NC1C(=O)O.c1cc[nH]c1. The highest BCUT2D eigenvalue weighted by Crippen LogP contribution is 2.10. The van der Waals surface area contributed by atoms with E-state index >= 15 is 0 Å². The molecule has 0 spiro atoms. The number of carbonyl (C=O) groups is 4. The topological polar surface area (TPSA) is 189 Å². The minimum atomic E-state index is -1.74. The molecule has 2 rings (SSSR count). The van der Waals surface area contributed by atoms with E-state index in [1.165, 1.54) is 0 Å². The van der Waals surface area contributed by atoms with Gasteiger partial charge in [0.25, 0.3) is 0 Å². The van der Waals surface area contributed by atoms with Crippen molar-refractivity contribution < 1.29 is 39.6 Å². The summed E-state index contributed by atoms with van der Waals surface area (Å²) in [6, 6.07) is -3.06. The molecule has 23 heavy (non-hydrogen) atoms. The van der Waals surface area contributed by atoms with Gasteiger partial charge < -0.3 is 25.4 Å². The van der Waals surface area contributed by atoms with Gasteiger partial charge in [-0.05, 0) is 12.1 Å². The molecule has 0 radical (unpaired) electrons. The molecule has 0 bridgehead atoms. The number of hydrogen-bond donors (Lipinski definition) is 7. The molecular weight excluding hydrogens is 314 g/mol. The lowest BCUT2D eigenvalue weighted by Crippen LogP contribution is -2.73. The number of carboxylic acids is 4. The lowest BCUT2D eigenvalue weighted by atomic mass is 9.96. The summed E-state index contributed by atoms with van der Waals surface area (Å²) in [4.78, 5) is 46.1. The largest absolute Gasteiger partial charge is 0.480 e. The summed E-state index contributed by atoms with van der Waals surface area (Å²) in [5.41, 5.74) is 0. The van der Waals surface area contributed by atoms with Gasteiger partial charge >= 0.3 is 23.9 Å². The second kappa shape index (κ2) is 7.91. The van der Waals surface area contributed by atoms with Crippen LogP contribution in [0.2, 0.25) is 0 Å². The molecule has 11 heteroatoms. The first-order chi connectivity index (χ1) is 10.8. The zero-order chi connectivity index (χ0) is 17.6. The fourth-order valence-corrected chi connectivity index (χ4v) is 1.91. The Morgan fingerprint density at radius 2 is 0.870 bits per heavy atom. The van der Waals surface area contributed by atoms with Gasteiger partial charge in [-0.15, -0.1) is 0 Å². The lowest BCUT2D eigenvalue weighted by Gasteiger charge is -2.36. The molecule has 11 nitrogen and oxygen atoms in total. The maximum Gasteiger partial charge on any atom is 0.322 e. The van der Waals surface area contributed by atoms with E-state index in [1.807, 2.05) is 35.2 Å². The van der Waals surface area contributed by atoms with E-state index < -0.39 is 48.0 Å². The summed E-state index contributed by atoms with van der Waals surface area (Å²) in [7, 11) is 0. The number of aromatic nitrogens is 1. The first-order valence-electron chi connectivity index (χ1n) is 6.26. The molecule has 0 aromatic carbocycles. The zero-order valence-electron chi connectivity index (χ0n) is 11.5. The van der Waals surface area contributed by atoms with Gasteiger partial charge in [-0.3, -0.25) is 29.8 Å². The van der Waals surface area contributed by atoms with Crippen LogP contribution in [0.25, 0.3) is 0 Å². The maximum absolute atomic E-state index is 10.8. The average molecular weight is 329 g/mol. The highest BCUT2D eigenvalue weighted by atomic mass is 16.4. The van der Waals surface area contributed by atoms with E-state index in [2.05, 4.69) is 4.98 Å². The van der Waals surface area contributed by atoms with Crippen molar-refractivity contribution in [3.05, 3.63) is 24.5 Å². The van der Waals surface area contributed by atoms with E-state index in [1.54, 1.807) is 0 Å². The number of piperazine rings is 1. The van der Waals surface area contributed by atoms with Crippen molar-refractivity contribution in [2.45, 2.75) is 24.2 Å². The van der Waals surface area contributed by atoms with Crippen LogP contribution in [0.15, 0.2) is 24.5 Å². The van der Waals surface area contributed by atoms with Crippen molar-refractivity contribution in [1.82, 2.24) is 15.6 Å². The maximum atomic E-state index is 10.8. The molecule has 2 heterocycles. The van der Waals surface area contributed by atoms with Gasteiger partial charge in [-0.25, -0.2) is 0 Å². The highest BCUT2D eigenvalue weighted by molar-refractivity contribution is 5.91. The Morgan fingerprint density at radius 1 is 0.609 bits per heavy atom. The predicted molar refractivity (Wildman–Crippen MR) is 72.8 cm³/mol. The summed E-state index contributed by atoms with van der Waals surface area (Å²) in [5.74, 6) is -6.37. The third-order valence-electron chi connectivity index (χ3n) is 2.95. The molecule has 1 aromatic heterocycles. The molecule has 1 fully saturated rings. The number of nitrogens with one attached hydrogen (secondary N) is 3. The Morgan fingerprint density at radius 3 is 1.00 bits per heavy atom. The number of H-pyrrole nitrogens is 1. The van der Waals surface area contributed by atoms with Gasteiger partial charge in [0, 0.05) is 12.4 Å². The molecule has 1 saturated heterocycles. The summed E-state index contributed by atoms with van der Waals surface area (Å²) < 4.78 is 0. The molecule has 126 valence electrons. The Hall–Kier alpha value is -2.92. The average Bonchev–Trinajstić information content (AvgIpc) is 3.04. The molecule has 1 aliphatic heterocycles. The van der Waals surface area contributed by atoms with Gasteiger partial charge in [0.05, 0.1) is 0 Å². The van der Waals surface area contributed by atoms with E-state index in [-0.39, 0.29) is 0 Å². The van der Waals surface area contributed by atoms with Crippen molar-refractivity contribution in [3.8, 4) is 0 Å². The number of hydrogen-bond acceptors (Lipinski definition) is 6. The van der Waals surface area contributed by atoms with Gasteiger partial charge in [0.15, 0.2) is 0 Å². The van der Waals surface area contributed by atoms with Crippen LogP contribution in [0.3, 0.4) is 0 Å². The fourth-order valence-electron chi connectivity index (χ4n) is 1.91. The summed E-state index contributed by atoms with van der Waals surface area (Å²) in [6.07, 6.45) is 3.75. The van der Waals surface area contributed by atoms with Crippen LogP contribution in [0.4, 0.5) is 0 Å². The third kappa shape index (κ3) is 4.79. The van der Waals surface area contributed by atoms with Crippen molar-refractivity contribution in [2.24, 2.45) is 0 Å². The van der Waals surface area contributed by atoms with Crippen LogP contribution in [0.5, 0.6) is 0 Å². The van der Waals surface area contributed by atoms with Gasteiger partial charge in [-0.2, -0.15) is 0 Å². The Balaban J connectivity index is 0.000000446. The molecule has 7 N–H and O–H groups in total. The molecule has 0 aliphatic carbocycles. The molecule has 0 amide bonds. The zero-order valence-corrected chi connectivity index (χ0v) is 11.5. The van der Waals surface area contributed by atoms with Crippen molar-refractivity contribution in [2.75, 3.05) is 0 Å². The van der Waals surface area contributed by atoms with E-state index in [9.17, 15) is 19.2 Å². The smallest absolute Gasteiger partial charge is 0.322 e. The Bertz CT molecular complexity index is 482. The summed E-state index contributed by atoms with van der Waals surface area (Å²) in [5, 5.41) is 39.1. The van der Waals surface area contributed by atoms with Crippen LogP contribution in [0, 0.1) is 0 Å². The first-order valence-corrected chi connectivity index (χ1v) is 6.26. The molecule has 4 unspecified atom stereocenters. The number of carboxylic acid groups (broad SMARTS) is 4. The molecule has 1 aromatic rings. The minimum absolute atomic E-state index is 1.59. The van der Waals surface area contributed by atoms with Crippen LogP contribution in [0.1, 0.15) is 0 Å². The molecular formula is C12H15N3O8. The number of rotatable bonds is 4. The van der Waals surface area contributed by atoms with Gasteiger partial charge in [0.1, 0.15) is 24.2 Å². The minimum Gasteiger partial charge on any atom is -0.480 e. The van der Waals surface area contributed by atoms with Crippen LogP contribution in [-0.2, 0) is 19.2 Å². The van der Waals surface area contributed by atoms with Crippen molar-refractivity contribution >= 4 is 23.9 Å². The van der Waals surface area contributed by atoms with Crippen molar-refractivity contribution in [3.63, 3.8) is 0 Å². The quantitative estimate of drug-likeness (QED) is 0.325. The normalized spacial score (nSPS) is 26.4. The van der Waals surface area contributed by atoms with Crippen LogP contribution < -0.4 is 10.6 Å². The monoisotopic (exact) mass is 329 g/mol. The first kappa shape index (κ1) is 18.1. The summed E-state index contributed by atoms with van der Waals surface area (Å²) >= 11 is 0. The number of aromatic amines is 1. The van der Waals surface area contributed by atoms with Crippen LogP contribution >= 0.6 is 0 Å². The number of aliphatic carboxylic acids is 4. The molecule has 1 aliphatic rings. The van der Waals surface area contributed by atoms with E-state index in [0.29, 0.717) is 0 Å². The standard InChI is InChI=1S/C8H10N2O8.C4H5N/c11-5(12)1-2(6(13)14)10-4(8(17)18)3(9-1)7(15)16;1-2-4-5-3-1/h1-4,9-10H,(H,11,12)(H,13,14)(H,15,16)(H,17,18);1-5H. The van der Waals surface area contributed by atoms with E-state index in [0.717, 1.165) is 0 Å². The Kier molecular flexibility index (Phi) is 6.24. The van der Waals surface area contributed by atoms with Gasteiger partial charge in [0.2, 0.25) is 0 Å². The third-order valence-corrected chi connectivity index (χ3v) is 2.95. The van der Waals surface area contributed by atoms with Crippen molar-refractivity contribution in [1.29, 1.82) is 0 Å². The van der Waals surface area contributed by atoms with Gasteiger partial charge in [-0.1, -0.05) is 0 Å². The predicted octanol–water partition coefficient (Wildman–Crippen LogP) is -1.99. The van der Waals surface area contributed by atoms with E-state index in [4.69, 9.17) is 20.4 Å². The molecule has 0 saturated carbocycles. The fraction of sp³-hybridized carbons (Fsp3) is 0.333. The lowest BCUT2D eigenvalue weighted by molar-refractivity contribution is -0.158.